The standard InChI is InChI=1S/C12H15N5S/c1-2-4-12(17-9-14-15-16-17)11(3-1)13-7-10-5-6-18-8-10/h1-4,9-10,13H,5-8H2. The Kier molecular flexibility index (Phi) is 3.45. The van der Waals surface area contributed by atoms with E-state index >= 15 is 0 Å². The normalized spacial score (nSPS) is 19.0. The molecule has 0 aliphatic carbocycles. The summed E-state index contributed by atoms with van der Waals surface area (Å²) >= 11 is 2.04. The van der Waals surface area contributed by atoms with Gasteiger partial charge in [0.25, 0.3) is 0 Å². The van der Waals surface area contributed by atoms with Crippen LogP contribution in [0.5, 0.6) is 0 Å². The number of thioether (sulfide) groups is 1. The number of para-hydroxylation sites is 2. The van der Waals surface area contributed by atoms with E-state index in [9.17, 15) is 0 Å². The van der Waals surface area contributed by atoms with Gasteiger partial charge < -0.3 is 5.32 Å². The van der Waals surface area contributed by atoms with Gasteiger partial charge in [-0.15, -0.1) is 5.10 Å². The second-order valence-electron chi connectivity index (χ2n) is 4.38. The van der Waals surface area contributed by atoms with Gasteiger partial charge in [0.2, 0.25) is 0 Å². The van der Waals surface area contributed by atoms with E-state index in [1.54, 1.807) is 11.0 Å². The molecule has 1 aliphatic rings. The van der Waals surface area contributed by atoms with Crippen molar-refractivity contribution < 1.29 is 0 Å². The number of nitrogens with zero attached hydrogens (tertiary/aromatic N) is 4. The van der Waals surface area contributed by atoms with Crippen LogP contribution in [0.1, 0.15) is 6.42 Å². The Morgan fingerprint density at radius 1 is 1.39 bits per heavy atom. The fourth-order valence-corrected chi connectivity index (χ4v) is 3.38. The molecule has 0 radical (unpaired) electrons. The third kappa shape index (κ3) is 2.48. The third-order valence-electron chi connectivity index (χ3n) is 3.11. The Bertz CT molecular complexity index is 493. The molecule has 6 heteroatoms. The van der Waals surface area contributed by atoms with Crippen LogP contribution in [-0.2, 0) is 0 Å². The molecular formula is C12H15N5S. The van der Waals surface area contributed by atoms with Gasteiger partial charge in [-0.3, -0.25) is 0 Å². The minimum Gasteiger partial charge on any atom is -0.383 e. The first-order valence-electron chi connectivity index (χ1n) is 6.07. The average Bonchev–Trinajstić information content (AvgIpc) is 3.10. The first-order chi connectivity index (χ1) is 8.93. The van der Waals surface area contributed by atoms with Gasteiger partial charge in [0, 0.05) is 6.54 Å². The Labute approximate surface area is 110 Å². The molecule has 0 amide bonds. The summed E-state index contributed by atoms with van der Waals surface area (Å²) in [6, 6.07) is 8.11. The van der Waals surface area contributed by atoms with Gasteiger partial charge in [-0.2, -0.15) is 16.4 Å². The van der Waals surface area contributed by atoms with Crippen molar-refractivity contribution in [1.82, 2.24) is 20.2 Å². The van der Waals surface area contributed by atoms with Gasteiger partial charge in [-0.25, -0.2) is 0 Å². The van der Waals surface area contributed by atoms with Crippen LogP contribution in [0, 0.1) is 5.92 Å². The number of hydrogen-bond acceptors (Lipinski definition) is 5. The van der Waals surface area contributed by atoms with Gasteiger partial charge in [-0.05, 0) is 46.4 Å². The van der Waals surface area contributed by atoms with E-state index in [0.29, 0.717) is 0 Å². The van der Waals surface area contributed by atoms with Crippen molar-refractivity contribution in [3.8, 4) is 5.69 Å². The van der Waals surface area contributed by atoms with E-state index in [1.165, 1.54) is 17.9 Å². The van der Waals surface area contributed by atoms with Crippen LogP contribution < -0.4 is 5.32 Å². The van der Waals surface area contributed by atoms with E-state index in [4.69, 9.17) is 0 Å². The highest BCUT2D eigenvalue weighted by atomic mass is 32.2. The molecule has 3 rings (SSSR count). The predicted molar refractivity (Wildman–Crippen MR) is 73.1 cm³/mol. The molecule has 1 unspecified atom stereocenters. The first kappa shape index (κ1) is 11.5. The summed E-state index contributed by atoms with van der Waals surface area (Å²) in [7, 11) is 0. The molecule has 1 atom stereocenters. The molecular weight excluding hydrogens is 246 g/mol. The van der Waals surface area contributed by atoms with Crippen LogP contribution in [-0.4, -0.2) is 38.3 Å². The van der Waals surface area contributed by atoms with Crippen molar-refractivity contribution in [1.29, 1.82) is 0 Å². The predicted octanol–water partition coefficient (Wildman–Crippen LogP) is 1.83. The highest BCUT2D eigenvalue weighted by Gasteiger charge is 2.15. The lowest BCUT2D eigenvalue weighted by Gasteiger charge is -2.14. The van der Waals surface area contributed by atoms with Crippen LogP contribution in [0.15, 0.2) is 30.6 Å². The molecule has 18 heavy (non-hydrogen) atoms. The summed E-state index contributed by atoms with van der Waals surface area (Å²) < 4.78 is 1.69. The zero-order chi connectivity index (χ0) is 12.2. The van der Waals surface area contributed by atoms with Gasteiger partial charge in [0.05, 0.1) is 11.4 Å². The van der Waals surface area contributed by atoms with Crippen LogP contribution >= 0.6 is 11.8 Å². The smallest absolute Gasteiger partial charge is 0.143 e. The Balaban J connectivity index is 1.75. The van der Waals surface area contributed by atoms with Crippen molar-refractivity contribution in [2.45, 2.75) is 6.42 Å². The highest BCUT2D eigenvalue weighted by Crippen LogP contribution is 2.25. The summed E-state index contributed by atoms with van der Waals surface area (Å²) in [6.45, 7) is 1.02. The molecule has 1 saturated heterocycles. The van der Waals surface area contributed by atoms with E-state index in [-0.39, 0.29) is 0 Å². The van der Waals surface area contributed by atoms with Crippen molar-refractivity contribution in [2.75, 3.05) is 23.4 Å². The van der Waals surface area contributed by atoms with Gasteiger partial charge >= 0.3 is 0 Å². The molecule has 1 aliphatic heterocycles. The van der Waals surface area contributed by atoms with Crippen LogP contribution in [0.25, 0.3) is 5.69 Å². The van der Waals surface area contributed by atoms with Crippen molar-refractivity contribution in [3.05, 3.63) is 30.6 Å². The number of tetrazole rings is 1. The summed E-state index contributed by atoms with van der Waals surface area (Å²) in [5.41, 5.74) is 2.08. The summed E-state index contributed by atoms with van der Waals surface area (Å²) in [5.74, 6) is 3.33. The maximum absolute atomic E-state index is 3.94. The molecule has 0 spiro atoms. The fraction of sp³-hybridized carbons (Fsp3) is 0.417. The molecule has 0 bridgehead atoms. The van der Waals surface area contributed by atoms with Gasteiger partial charge in [0.15, 0.2) is 0 Å². The zero-order valence-corrected chi connectivity index (χ0v) is 10.8. The maximum Gasteiger partial charge on any atom is 0.143 e. The zero-order valence-electron chi connectivity index (χ0n) is 9.99. The van der Waals surface area contributed by atoms with E-state index in [1.807, 2.05) is 30.0 Å². The molecule has 1 aromatic heterocycles. The van der Waals surface area contributed by atoms with Crippen molar-refractivity contribution in [2.24, 2.45) is 5.92 Å². The molecule has 0 saturated carbocycles. The molecule has 1 fully saturated rings. The number of benzene rings is 1. The minimum atomic E-state index is 0.775. The minimum absolute atomic E-state index is 0.775. The number of anilines is 1. The maximum atomic E-state index is 3.94. The quantitative estimate of drug-likeness (QED) is 0.910. The Morgan fingerprint density at radius 2 is 2.33 bits per heavy atom. The topological polar surface area (TPSA) is 55.6 Å². The first-order valence-corrected chi connectivity index (χ1v) is 7.23. The van der Waals surface area contributed by atoms with Gasteiger partial charge in [0.1, 0.15) is 6.33 Å². The van der Waals surface area contributed by atoms with Crippen molar-refractivity contribution >= 4 is 17.4 Å². The summed E-state index contributed by atoms with van der Waals surface area (Å²) in [4.78, 5) is 0. The lowest BCUT2D eigenvalue weighted by molar-refractivity contribution is 0.631. The summed E-state index contributed by atoms with van der Waals surface area (Å²) in [5, 5.41) is 14.8. The number of nitrogens with one attached hydrogen (secondary N) is 1. The van der Waals surface area contributed by atoms with Gasteiger partial charge in [-0.1, -0.05) is 12.1 Å². The molecule has 1 N–H and O–H groups in total. The van der Waals surface area contributed by atoms with E-state index < -0.39 is 0 Å². The van der Waals surface area contributed by atoms with E-state index in [0.717, 1.165) is 23.8 Å². The Hall–Kier alpha value is -1.56. The number of rotatable bonds is 4. The van der Waals surface area contributed by atoms with Crippen molar-refractivity contribution in [3.63, 3.8) is 0 Å². The largest absolute Gasteiger partial charge is 0.383 e. The molecule has 94 valence electrons. The van der Waals surface area contributed by atoms with E-state index in [2.05, 4.69) is 26.9 Å². The Morgan fingerprint density at radius 3 is 3.11 bits per heavy atom. The average molecular weight is 261 g/mol. The van der Waals surface area contributed by atoms with Crippen LogP contribution in [0.2, 0.25) is 0 Å². The highest BCUT2D eigenvalue weighted by molar-refractivity contribution is 7.99. The molecule has 1 aromatic carbocycles. The lowest BCUT2D eigenvalue weighted by atomic mass is 10.1. The van der Waals surface area contributed by atoms with Crippen LogP contribution in [0.3, 0.4) is 0 Å². The third-order valence-corrected chi connectivity index (χ3v) is 4.34. The second kappa shape index (κ2) is 5.39. The van der Waals surface area contributed by atoms with Crippen LogP contribution in [0.4, 0.5) is 5.69 Å². The number of aromatic nitrogens is 4. The molecule has 2 aromatic rings. The summed E-state index contributed by atoms with van der Waals surface area (Å²) in [6.07, 6.45) is 2.93. The number of hydrogen-bond donors (Lipinski definition) is 1. The monoisotopic (exact) mass is 261 g/mol. The molecule has 2 heterocycles. The lowest BCUT2D eigenvalue weighted by Crippen LogP contribution is -2.14. The molecule has 5 nitrogen and oxygen atoms in total. The SMILES string of the molecule is c1ccc(-n2cnnn2)c(NCC2CCSC2)c1. The fourth-order valence-electron chi connectivity index (χ4n) is 2.09. The second-order valence-corrected chi connectivity index (χ2v) is 5.53.